The standard InChI is InChI=1S/C17H24N2O5S/c1-4-5-10-18-17(21)14-7-9-16(20)19(14)25(22,23)13-6-8-15(24-3)12(2)11-13/h6,8,11,14H,4-5,7,9-10H2,1-3H3,(H,18,21)/t14-/m1/s1. The number of aryl methyl sites for hydroxylation is 1. The van der Waals surface area contributed by atoms with Crippen molar-refractivity contribution < 1.29 is 22.7 Å². The Bertz CT molecular complexity index is 760. The van der Waals surface area contributed by atoms with E-state index in [1.807, 2.05) is 6.92 Å². The van der Waals surface area contributed by atoms with Crippen molar-refractivity contribution in [3.05, 3.63) is 23.8 Å². The Morgan fingerprint density at radius 1 is 1.40 bits per heavy atom. The van der Waals surface area contributed by atoms with Gasteiger partial charge in [-0.1, -0.05) is 13.3 Å². The number of carbonyl (C=O) groups is 2. The molecule has 1 heterocycles. The maximum absolute atomic E-state index is 12.9. The number of benzene rings is 1. The van der Waals surface area contributed by atoms with Crippen LogP contribution in [-0.4, -0.2) is 44.2 Å². The Labute approximate surface area is 148 Å². The van der Waals surface area contributed by atoms with Crippen molar-refractivity contribution in [2.24, 2.45) is 0 Å². The van der Waals surface area contributed by atoms with Gasteiger partial charge in [-0.25, -0.2) is 12.7 Å². The molecule has 0 bridgehead atoms. The molecule has 7 nitrogen and oxygen atoms in total. The van der Waals surface area contributed by atoms with Crippen molar-refractivity contribution >= 4 is 21.8 Å². The normalized spacial score (nSPS) is 17.6. The Hall–Kier alpha value is -2.09. The van der Waals surface area contributed by atoms with E-state index < -0.39 is 27.9 Å². The van der Waals surface area contributed by atoms with Gasteiger partial charge < -0.3 is 10.1 Å². The Balaban J connectivity index is 2.30. The summed E-state index contributed by atoms with van der Waals surface area (Å²) in [5.74, 6) is -0.419. The van der Waals surface area contributed by atoms with E-state index in [1.54, 1.807) is 13.0 Å². The summed E-state index contributed by atoms with van der Waals surface area (Å²) >= 11 is 0. The van der Waals surface area contributed by atoms with Gasteiger partial charge in [0.15, 0.2) is 0 Å². The molecule has 1 aromatic carbocycles. The number of ether oxygens (including phenoxy) is 1. The molecule has 1 fully saturated rings. The Morgan fingerprint density at radius 2 is 2.12 bits per heavy atom. The lowest BCUT2D eigenvalue weighted by Crippen LogP contribution is -2.47. The smallest absolute Gasteiger partial charge is 0.267 e. The van der Waals surface area contributed by atoms with Crippen LogP contribution in [0.5, 0.6) is 5.75 Å². The van der Waals surface area contributed by atoms with Gasteiger partial charge >= 0.3 is 0 Å². The Kier molecular flexibility index (Phi) is 6.05. The van der Waals surface area contributed by atoms with Crippen LogP contribution < -0.4 is 10.1 Å². The number of unbranched alkanes of at least 4 members (excludes halogenated alkanes) is 1. The van der Waals surface area contributed by atoms with Crippen LogP contribution in [0.3, 0.4) is 0 Å². The highest BCUT2D eigenvalue weighted by Gasteiger charge is 2.44. The van der Waals surface area contributed by atoms with E-state index in [0.29, 0.717) is 17.9 Å². The predicted octanol–water partition coefficient (Wildman–Crippen LogP) is 1.60. The molecule has 0 aromatic heterocycles. The zero-order valence-corrected chi connectivity index (χ0v) is 15.6. The second kappa shape index (κ2) is 7.86. The molecular formula is C17H24N2O5S. The minimum atomic E-state index is -4.09. The van der Waals surface area contributed by atoms with Gasteiger partial charge in [-0.3, -0.25) is 9.59 Å². The van der Waals surface area contributed by atoms with E-state index in [4.69, 9.17) is 4.74 Å². The van der Waals surface area contributed by atoms with Crippen molar-refractivity contribution in [3.63, 3.8) is 0 Å². The van der Waals surface area contributed by atoms with E-state index in [9.17, 15) is 18.0 Å². The topological polar surface area (TPSA) is 92.8 Å². The molecule has 1 aliphatic rings. The van der Waals surface area contributed by atoms with Crippen LogP contribution in [0.1, 0.15) is 38.2 Å². The third kappa shape index (κ3) is 3.95. The highest BCUT2D eigenvalue weighted by Crippen LogP contribution is 2.29. The van der Waals surface area contributed by atoms with E-state index in [1.165, 1.54) is 19.2 Å². The largest absolute Gasteiger partial charge is 0.496 e. The predicted molar refractivity (Wildman–Crippen MR) is 92.7 cm³/mol. The Morgan fingerprint density at radius 3 is 2.72 bits per heavy atom. The molecule has 25 heavy (non-hydrogen) atoms. The zero-order chi connectivity index (χ0) is 18.6. The molecule has 1 atom stereocenters. The van der Waals surface area contributed by atoms with E-state index in [-0.39, 0.29) is 17.7 Å². The monoisotopic (exact) mass is 368 g/mol. The van der Waals surface area contributed by atoms with Gasteiger partial charge in [0.05, 0.1) is 12.0 Å². The van der Waals surface area contributed by atoms with E-state index >= 15 is 0 Å². The third-order valence-corrected chi connectivity index (χ3v) is 6.04. The molecule has 8 heteroatoms. The molecule has 1 N–H and O–H groups in total. The highest BCUT2D eigenvalue weighted by atomic mass is 32.2. The molecule has 0 radical (unpaired) electrons. The van der Waals surface area contributed by atoms with Gasteiger partial charge in [-0.05, 0) is 43.5 Å². The fraction of sp³-hybridized carbons (Fsp3) is 0.529. The van der Waals surface area contributed by atoms with Crippen LogP contribution in [0.25, 0.3) is 0 Å². The van der Waals surface area contributed by atoms with Crippen molar-refractivity contribution in [2.45, 2.75) is 50.5 Å². The van der Waals surface area contributed by atoms with Gasteiger partial charge in [0, 0.05) is 13.0 Å². The van der Waals surface area contributed by atoms with Crippen molar-refractivity contribution in [1.82, 2.24) is 9.62 Å². The summed E-state index contributed by atoms with van der Waals surface area (Å²) in [4.78, 5) is 24.5. The van der Waals surface area contributed by atoms with Gasteiger partial charge in [-0.2, -0.15) is 0 Å². The molecule has 0 aliphatic carbocycles. The first-order chi connectivity index (χ1) is 11.8. The van der Waals surface area contributed by atoms with Crippen LogP contribution in [0.15, 0.2) is 23.1 Å². The molecule has 2 amide bonds. The summed E-state index contributed by atoms with van der Waals surface area (Å²) in [5.41, 5.74) is 0.638. The van der Waals surface area contributed by atoms with Crippen LogP contribution in [0.4, 0.5) is 0 Å². The summed E-state index contributed by atoms with van der Waals surface area (Å²) in [6.07, 6.45) is 1.96. The number of hydrogen-bond acceptors (Lipinski definition) is 5. The van der Waals surface area contributed by atoms with E-state index in [2.05, 4.69) is 5.32 Å². The maximum atomic E-state index is 12.9. The number of hydrogen-bond donors (Lipinski definition) is 1. The van der Waals surface area contributed by atoms with Crippen molar-refractivity contribution in [3.8, 4) is 5.75 Å². The number of sulfonamides is 1. The van der Waals surface area contributed by atoms with Crippen LogP contribution in [0.2, 0.25) is 0 Å². The molecule has 1 saturated heterocycles. The zero-order valence-electron chi connectivity index (χ0n) is 14.7. The van der Waals surface area contributed by atoms with Gasteiger partial charge in [0.25, 0.3) is 10.0 Å². The first-order valence-corrected chi connectivity index (χ1v) is 9.76. The second-order valence-corrected chi connectivity index (χ2v) is 7.84. The number of amides is 2. The van der Waals surface area contributed by atoms with Crippen LogP contribution >= 0.6 is 0 Å². The lowest BCUT2D eigenvalue weighted by Gasteiger charge is -2.24. The number of rotatable bonds is 7. The quantitative estimate of drug-likeness (QED) is 0.738. The molecule has 0 unspecified atom stereocenters. The number of nitrogens with zero attached hydrogens (tertiary/aromatic N) is 1. The summed E-state index contributed by atoms with van der Waals surface area (Å²) in [5, 5.41) is 2.71. The molecule has 0 spiro atoms. The fourth-order valence-electron chi connectivity index (χ4n) is 2.83. The summed E-state index contributed by atoms with van der Waals surface area (Å²) in [7, 11) is -2.60. The van der Waals surface area contributed by atoms with Crippen molar-refractivity contribution in [1.29, 1.82) is 0 Å². The summed E-state index contributed by atoms with van der Waals surface area (Å²) in [6, 6.07) is 3.39. The van der Waals surface area contributed by atoms with Crippen LogP contribution in [0, 0.1) is 6.92 Å². The van der Waals surface area contributed by atoms with Gasteiger partial charge in [-0.15, -0.1) is 0 Å². The number of nitrogens with one attached hydrogen (secondary N) is 1. The first kappa shape index (κ1) is 19.2. The lowest BCUT2D eigenvalue weighted by molar-refractivity contribution is -0.130. The highest BCUT2D eigenvalue weighted by molar-refractivity contribution is 7.89. The number of carbonyl (C=O) groups excluding carboxylic acids is 2. The fourth-order valence-corrected chi connectivity index (χ4v) is 4.52. The molecular weight excluding hydrogens is 344 g/mol. The van der Waals surface area contributed by atoms with Gasteiger partial charge in [0.2, 0.25) is 11.8 Å². The third-order valence-electron chi connectivity index (χ3n) is 4.22. The second-order valence-electron chi connectivity index (χ2n) is 6.03. The summed E-state index contributed by atoms with van der Waals surface area (Å²) in [6.45, 7) is 4.18. The molecule has 2 rings (SSSR count). The lowest BCUT2D eigenvalue weighted by atomic mass is 10.2. The molecule has 138 valence electrons. The number of methoxy groups -OCH3 is 1. The average Bonchev–Trinajstić information content (AvgIpc) is 2.97. The SMILES string of the molecule is CCCCNC(=O)[C@H]1CCC(=O)N1S(=O)(=O)c1ccc(OC)c(C)c1. The first-order valence-electron chi connectivity index (χ1n) is 8.32. The van der Waals surface area contributed by atoms with Crippen LogP contribution in [-0.2, 0) is 19.6 Å². The summed E-state index contributed by atoms with van der Waals surface area (Å²) < 4.78 is 31.7. The van der Waals surface area contributed by atoms with Gasteiger partial charge in [0.1, 0.15) is 11.8 Å². The minimum absolute atomic E-state index is 0.0209. The average molecular weight is 368 g/mol. The maximum Gasteiger partial charge on any atom is 0.267 e. The van der Waals surface area contributed by atoms with Crippen molar-refractivity contribution in [2.75, 3.05) is 13.7 Å². The molecule has 1 aliphatic heterocycles. The molecule has 0 saturated carbocycles. The minimum Gasteiger partial charge on any atom is -0.496 e. The molecule has 1 aromatic rings. The van der Waals surface area contributed by atoms with E-state index in [0.717, 1.165) is 17.1 Å².